The first kappa shape index (κ1) is 15.1. The van der Waals surface area contributed by atoms with Crippen molar-refractivity contribution < 1.29 is 0 Å². The molecule has 3 N–H and O–H groups in total. The molecular formula is C19H30N2. The maximum atomic E-state index is 5.94. The van der Waals surface area contributed by atoms with Gasteiger partial charge >= 0.3 is 0 Å². The molecule has 2 unspecified atom stereocenters. The molecule has 2 heteroatoms. The minimum Gasteiger partial charge on any atom is -0.271 e. The van der Waals surface area contributed by atoms with Gasteiger partial charge < -0.3 is 0 Å². The van der Waals surface area contributed by atoms with Crippen LogP contribution >= 0.6 is 0 Å². The molecule has 0 aromatic heterocycles. The fraction of sp³-hybridized carbons (Fsp3) is 0.684. The SMILES string of the molecule is CC1(C)CCCCC1C(NN)c1ccc(C2CCC2)cc1. The summed E-state index contributed by atoms with van der Waals surface area (Å²) in [5.41, 5.74) is 6.38. The van der Waals surface area contributed by atoms with E-state index < -0.39 is 0 Å². The van der Waals surface area contributed by atoms with E-state index in [0.717, 1.165) is 5.92 Å². The second-order valence-corrected chi connectivity index (χ2v) is 7.78. The van der Waals surface area contributed by atoms with Crippen LogP contribution in [0.3, 0.4) is 0 Å². The van der Waals surface area contributed by atoms with Gasteiger partial charge in [0.25, 0.3) is 0 Å². The summed E-state index contributed by atoms with van der Waals surface area (Å²) in [6.07, 6.45) is 9.44. The number of benzene rings is 1. The van der Waals surface area contributed by atoms with Gasteiger partial charge in [0.05, 0.1) is 0 Å². The molecule has 0 saturated heterocycles. The third kappa shape index (κ3) is 3.02. The van der Waals surface area contributed by atoms with Crippen molar-refractivity contribution in [3.05, 3.63) is 35.4 Å². The summed E-state index contributed by atoms with van der Waals surface area (Å²) in [4.78, 5) is 0. The van der Waals surface area contributed by atoms with Crippen molar-refractivity contribution in [2.24, 2.45) is 17.2 Å². The number of nitrogens with one attached hydrogen (secondary N) is 1. The highest BCUT2D eigenvalue weighted by Crippen LogP contribution is 2.46. The van der Waals surface area contributed by atoms with Crippen molar-refractivity contribution in [2.75, 3.05) is 0 Å². The van der Waals surface area contributed by atoms with Crippen LogP contribution in [-0.4, -0.2) is 0 Å². The summed E-state index contributed by atoms with van der Waals surface area (Å²) < 4.78 is 0. The quantitative estimate of drug-likeness (QED) is 0.623. The maximum absolute atomic E-state index is 5.94. The van der Waals surface area contributed by atoms with Gasteiger partial charge in [-0.05, 0) is 54.1 Å². The molecule has 2 atom stereocenters. The largest absolute Gasteiger partial charge is 0.271 e. The Hall–Kier alpha value is -0.860. The molecule has 21 heavy (non-hydrogen) atoms. The number of hydrogen-bond acceptors (Lipinski definition) is 2. The number of rotatable bonds is 4. The van der Waals surface area contributed by atoms with Crippen LogP contribution in [0.25, 0.3) is 0 Å². The third-order valence-corrected chi connectivity index (χ3v) is 6.04. The Bertz CT molecular complexity index is 459. The van der Waals surface area contributed by atoms with E-state index in [9.17, 15) is 0 Å². The zero-order valence-electron chi connectivity index (χ0n) is 13.6. The van der Waals surface area contributed by atoms with Gasteiger partial charge in [0.15, 0.2) is 0 Å². The van der Waals surface area contributed by atoms with E-state index in [1.807, 2.05) is 0 Å². The second kappa shape index (κ2) is 6.10. The molecule has 0 radical (unpaired) electrons. The highest BCUT2D eigenvalue weighted by molar-refractivity contribution is 5.29. The first-order valence-corrected chi connectivity index (χ1v) is 8.68. The minimum atomic E-state index is 0.288. The predicted molar refractivity (Wildman–Crippen MR) is 88.8 cm³/mol. The van der Waals surface area contributed by atoms with Crippen LogP contribution in [0.5, 0.6) is 0 Å². The van der Waals surface area contributed by atoms with E-state index in [1.54, 1.807) is 0 Å². The molecule has 2 fully saturated rings. The van der Waals surface area contributed by atoms with Gasteiger partial charge in [-0.15, -0.1) is 0 Å². The topological polar surface area (TPSA) is 38.0 Å². The smallest absolute Gasteiger partial charge is 0.0493 e. The lowest BCUT2D eigenvalue weighted by Crippen LogP contribution is -2.41. The van der Waals surface area contributed by atoms with Crippen LogP contribution in [-0.2, 0) is 0 Å². The number of nitrogens with two attached hydrogens (primary N) is 1. The zero-order valence-corrected chi connectivity index (χ0v) is 13.6. The highest BCUT2D eigenvalue weighted by atomic mass is 15.2. The normalized spacial score (nSPS) is 27.1. The van der Waals surface area contributed by atoms with E-state index in [0.29, 0.717) is 11.3 Å². The van der Waals surface area contributed by atoms with E-state index in [4.69, 9.17) is 5.84 Å². The monoisotopic (exact) mass is 286 g/mol. The lowest BCUT2D eigenvalue weighted by atomic mass is 9.65. The minimum absolute atomic E-state index is 0.288. The fourth-order valence-electron chi connectivity index (χ4n) is 4.30. The van der Waals surface area contributed by atoms with Crippen molar-refractivity contribution in [3.63, 3.8) is 0 Å². The van der Waals surface area contributed by atoms with Crippen molar-refractivity contribution in [1.82, 2.24) is 5.43 Å². The molecule has 1 aromatic carbocycles. The van der Waals surface area contributed by atoms with Crippen molar-refractivity contribution in [2.45, 2.75) is 70.8 Å². The van der Waals surface area contributed by atoms with E-state index in [-0.39, 0.29) is 6.04 Å². The summed E-state index contributed by atoms with van der Waals surface area (Å²) in [5, 5.41) is 0. The van der Waals surface area contributed by atoms with Crippen molar-refractivity contribution in [1.29, 1.82) is 0 Å². The Balaban J connectivity index is 1.78. The Morgan fingerprint density at radius 2 is 1.76 bits per heavy atom. The molecule has 0 amide bonds. The molecule has 2 aliphatic carbocycles. The molecule has 0 heterocycles. The molecule has 0 bridgehead atoms. The van der Waals surface area contributed by atoms with Crippen LogP contribution in [0.1, 0.15) is 81.9 Å². The molecule has 1 aromatic rings. The lowest BCUT2D eigenvalue weighted by Gasteiger charge is -2.43. The molecule has 2 nitrogen and oxygen atoms in total. The Labute approximate surface area is 129 Å². The van der Waals surface area contributed by atoms with E-state index in [2.05, 4.69) is 43.5 Å². The van der Waals surface area contributed by atoms with Gasteiger partial charge in [-0.1, -0.05) is 57.4 Å². The Morgan fingerprint density at radius 1 is 1.05 bits per heavy atom. The zero-order chi connectivity index (χ0) is 14.9. The van der Waals surface area contributed by atoms with E-state index >= 15 is 0 Å². The van der Waals surface area contributed by atoms with Gasteiger partial charge in [0.2, 0.25) is 0 Å². The van der Waals surface area contributed by atoms with E-state index in [1.165, 1.54) is 56.1 Å². The van der Waals surface area contributed by atoms with Crippen LogP contribution in [0, 0.1) is 11.3 Å². The molecule has 3 rings (SSSR count). The predicted octanol–water partition coefficient (Wildman–Crippen LogP) is 4.67. The molecule has 116 valence electrons. The molecule has 2 aliphatic rings. The van der Waals surface area contributed by atoms with Crippen molar-refractivity contribution in [3.8, 4) is 0 Å². The van der Waals surface area contributed by atoms with Gasteiger partial charge in [-0.3, -0.25) is 11.3 Å². The molecule has 2 saturated carbocycles. The lowest BCUT2D eigenvalue weighted by molar-refractivity contribution is 0.0982. The van der Waals surface area contributed by atoms with Gasteiger partial charge in [0, 0.05) is 6.04 Å². The summed E-state index contributed by atoms with van der Waals surface area (Å²) in [7, 11) is 0. The first-order chi connectivity index (χ1) is 10.1. The number of hydrogen-bond donors (Lipinski definition) is 2. The average Bonchev–Trinajstić information content (AvgIpc) is 2.41. The van der Waals surface area contributed by atoms with Crippen LogP contribution in [0.4, 0.5) is 0 Å². The van der Waals surface area contributed by atoms with Crippen LogP contribution < -0.4 is 11.3 Å². The standard InChI is InChI=1S/C19H30N2/c1-19(2)13-4-3-8-17(19)18(21-20)16-11-9-15(10-12-16)14-6-5-7-14/h9-12,14,17-18,21H,3-8,13,20H2,1-2H3. The summed E-state index contributed by atoms with van der Waals surface area (Å²) in [5.74, 6) is 7.39. The summed E-state index contributed by atoms with van der Waals surface area (Å²) in [6.45, 7) is 4.81. The van der Waals surface area contributed by atoms with Crippen LogP contribution in [0.2, 0.25) is 0 Å². The summed E-state index contributed by atoms with van der Waals surface area (Å²) >= 11 is 0. The maximum Gasteiger partial charge on any atom is 0.0493 e. The highest BCUT2D eigenvalue weighted by Gasteiger charge is 2.37. The van der Waals surface area contributed by atoms with Gasteiger partial charge in [-0.2, -0.15) is 0 Å². The first-order valence-electron chi connectivity index (χ1n) is 8.68. The number of hydrazine groups is 1. The van der Waals surface area contributed by atoms with Crippen molar-refractivity contribution >= 4 is 0 Å². The Kier molecular flexibility index (Phi) is 4.37. The van der Waals surface area contributed by atoms with Gasteiger partial charge in [-0.25, -0.2) is 0 Å². The van der Waals surface area contributed by atoms with Gasteiger partial charge in [0.1, 0.15) is 0 Å². The Morgan fingerprint density at radius 3 is 2.29 bits per heavy atom. The van der Waals surface area contributed by atoms with Crippen LogP contribution in [0.15, 0.2) is 24.3 Å². The average molecular weight is 286 g/mol. The third-order valence-electron chi connectivity index (χ3n) is 6.04. The molecular weight excluding hydrogens is 256 g/mol. The molecule has 0 spiro atoms. The fourth-order valence-corrected chi connectivity index (χ4v) is 4.30. The summed E-state index contributed by atoms with van der Waals surface area (Å²) in [6, 6.07) is 9.57. The second-order valence-electron chi connectivity index (χ2n) is 7.78. The molecule has 0 aliphatic heterocycles.